The summed E-state index contributed by atoms with van der Waals surface area (Å²) in [5.74, 6) is 1.43. The van der Waals surface area contributed by atoms with E-state index in [0.29, 0.717) is 24.7 Å². The molecule has 2 aromatic heterocycles. The highest BCUT2D eigenvalue weighted by atomic mass is 16.5. The van der Waals surface area contributed by atoms with Crippen LogP contribution in [-0.4, -0.2) is 23.4 Å². The molecule has 0 unspecified atom stereocenters. The second-order valence-electron chi connectivity index (χ2n) is 4.47. The average Bonchev–Trinajstić information content (AvgIpc) is 2.79. The number of fused-ring (bicyclic) bond motifs is 2. The summed E-state index contributed by atoms with van der Waals surface area (Å²) in [6.07, 6.45) is 0. The molecule has 0 saturated carbocycles. The summed E-state index contributed by atoms with van der Waals surface area (Å²) in [5.41, 5.74) is 2.18. The fourth-order valence-corrected chi connectivity index (χ4v) is 2.19. The number of pyridine rings is 1. The van der Waals surface area contributed by atoms with Crippen LogP contribution >= 0.6 is 0 Å². The van der Waals surface area contributed by atoms with E-state index in [0.717, 1.165) is 27.7 Å². The van der Waals surface area contributed by atoms with Crippen LogP contribution in [0.1, 0.15) is 19.5 Å². The zero-order valence-electron chi connectivity index (χ0n) is 11.8. The summed E-state index contributed by atoms with van der Waals surface area (Å²) in [6.45, 7) is 6.96. The maximum Gasteiger partial charge on any atom is 0.258 e. The van der Waals surface area contributed by atoms with Gasteiger partial charge in [-0.05, 0) is 32.9 Å². The molecule has 0 aliphatic rings. The number of aromatic nitrogens is 2. The average molecular weight is 272 g/mol. The number of hydrogen-bond donors (Lipinski definition) is 0. The van der Waals surface area contributed by atoms with Gasteiger partial charge in [0, 0.05) is 11.5 Å². The van der Waals surface area contributed by atoms with Gasteiger partial charge in [-0.2, -0.15) is 0 Å². The molecule has 0 amide bonds. The molecule has 0 aliphatic heterocycles. The molecule has 0 spiro atoms. The number of aryl methyl sites for hydroxylation is 1. The Morgan fingerprint density at radius 2 is 1.75 bits per heavy atom. The molecule has 0 fully saturated rings. The number of nitrogens with zero attached hydrogens (tertiary/aromatic N) is 2. The van der Waals surface area contributed by atoms with Gasteiger partial charge in [-0.25, -0.2) is 4.98 Å². The summed E-state index contributed by atoms with van der Waals surface area (Å²) in [5, 5.41) is 5.84. The van der Waals surface area contributed by atoms with Gasteiger partial charge in [0.1, 0.15) is 0 Å². The van der Waals surface area contributed by atoms with E-state index >= 15 is 0 Å². The van der Waals surface area contributed by atoms with Crippen molar-refractivity contribution in [1.82, 2.24) is 10.1 Å². The highest BCUT2D eigenvalue weighted by Gasteiger charge is 2.12. The van der Waals surface area contributed by atoms with Gasteiger partial charge in [-0.15, -0.1) is 0 Å². The summed E-state index contributed by atoms with van der Waals surface area (Å²) >= 11 is 0. The van der Waals surface area contributed by atoms with Crippen LogP contribution in [0.2, 0.25) is 0 Å². The standard InChI is InChI=1S/C15H16N2O3/c1-4-18-13-7-10-6-11-9(3)17-20-15(11)16-12(10)8-14(13)19-5-2/h6-8H,4-5H2,1-3H3. The van der Waals surface area contributed by atoms with Crippen LogP contribution in [0.5, 0.6) is 11.5 Å². The van der Waals surface area contributed by atoms with E-state index in [1.54, 1.807) is 0 Å². The van der Waals surface area contributed by atoms with Gasteiger partial charge in [0.05, 0.1) is 29.8 Å². The largest absolute Gasteiger partial charge is 0.490 e. The molecule has 0 saturated heterocycles. The van der Waals surface area contributed by atoms with Crippen LogP contribution in [0.25, 0.3) is 22.0 Å². The third kappa shape index (κ3) is 2.05. The van der Waals surface area contributed by atoms with E-state index in [-0.39, 0.29) is 0 Å². The molecule has 104 valence electrons. The highest BCUT2D eigenvalue weighted by Crippen LogP contribution is 2.33. The molecule has 0 bridgehead atoms. The summed E-state index contributed by atoms with van der Waals surface area (Å²) in [6, 6.07) is 5.84. The van der Waals surface area contributed by atoms with Crippen LogP contribution in [0, 0.1) is 6.92 Å². The molecule has 3 aromatic rings. The van der Waals surface area contributed by atoms with Crippen LogP contribution in [0.3, 0.4) is 0 Å². The predicted octanol–water partition coefficient (Wildman–Crippen LogP) is 3.48. The van der Waals surface area contributed by atoms with Gasteiger partial charge < -0.3 is 14.0 Å². The lowest BCUT2D eigenvalue weighted by molar-refractivity contribution is 0.288. The zero-order chi connectivity index (χ0) is 14.1. The molecule has 0 atom stereocenters. The van der Waals surface area contributed by atoms with E-state index in [2.05, 4.69) is 10.1 Å². The van der Waals surface area contributed by atoms with Gasteiger partial charge in [-0.1, -0.05) is 5.16 Å². The van der Waals surface area contributed by atoms with Gasteiger partial charge in [0.25, 0.3) is 5.71 Å². The monoisotopic (exact) mass is 272 g/mol. The van der Waals surface area contributed by atoms with Gasteiger partial charge >= 0.3 is 0 Å². The number of ether oxygens (including phenoxy) is 2. The fraction of sp³-hybridized carbons (Fsp3) is 0.333. The number of rotatable bonds is 4. The van der Waals surface area contributed by atoms with Crippen molar-refractivity contribution in [3.63, 3.8) is 0 Å². The lowest BCUT2D eigenvalue weighted by atomic mass is 10.1. The van der Waals surface area contributed by atoms with Crippen molar-refractivity contribution in [2.24, 2.45) is 0 Å². The molecule has 0 radical (unpaired) electrons. The third-order valence-corrected chi connectivity index (χ3v) is 3.10. The maximum atomic E-state index is 5.63. The third-order valence-electron chi connectivity index (χ3n) is 3.10. The minimum absolute atomic E-state index is 0.543. The minimum atomic E-state index is 0.543. The predicted molar refractivity (Wildman–Crippen MR) is 76.4 cm³/mol. The van der Waals surface area contributed by atoms with E-state index in [9.17, 15) is 0 Å². The number of hydrogen-bond acceptors (Lipinski definition) is 5. The van der Waals surface area contributed by atoms with Crippen LogP contribution in [0.15, 0.2) is 22.7 Å². The van der Waals surface area contributed by atoms with E-state index < -0.39 is 0 Å². The zero-order valence-corrected chi connectivity index (χ0v) is 11.8. The second-order valence-corrected chi connectivity index (χ2v) is 4.47. The summed E-state index contributed by atoms with van der Waals surface area (Å²) in [7, 11) is 0. The van der Waals surface area contributed by atoms with Crippen LogP contribution < -0.4 is 9.47 Å². The normalized spacial score (nSPS) is 11.2. The Morgan fingerprint density at radius 3 is 2.45 bits per heavy atom. The van der Waals surface area contributed by atoms with Crippen LogP contribution in [0.4, 0.5) is 0 Å². The molecule has 3 rings (SSSR count). The van der Waals surface area contributed by atoms with Crippen molar-refractivity contribution in [3.05, 3.63) is 23.9 Å². The molecule has 20 heavy (non-hydrogen) atoms. The molecule has 1 aromatic carbocycles. The molecule has 5 nitrogen and oxygen atoms in total. The molecule has 5 heteroatoms. The summed E-state index contributed by atoms with van der Waals surface area (Å²) < 4.78 is 16.4. The van der Waals surface area contributed by atoms with E-state index in [1.807, 2.05) is 39.0 Å². The summed E-state index contributed by atoms with van der Waals surface area (Å²) in [4.78, 5) is 4.48. The van der Waals surface area contributed by atoms with Gasteiger partial charge in [0.15, 0.2) is 11.5 Å². The van der Waals surface area contributed by atoms with Crippen molar-refractivity contribution < 1.29 is 14.0 Å². The Hall–Kier alpha value is -2.30. The van der Waals surface area contributed by atoms with Crippen molar-refractivity contribution in [2.45, 2.75) is 20.8 Å². The van der Waals surface area contributed by atoms with Crippen molar-refractivity contribution >= 4 is 22.0 Å². The van der Waals surface area contributed by atoms with Gasteiger partial charge in [-0.3, -0.25) is 0 Å². The Balaban J connectivity index is 2.24. The molecule has 2 heterocycles. The van der Waals surface area contributed by atoms with Crippen molar-refractivity contribution in [2.75, 3.05) is 13.2 Å². The SMILES string of the molecule is CCOc1cc2cc3c(C)noc3nc2cc1OCC. The fourth-order valence-electron chi connectivity index (χ4n) is 2.19. The first-order valence-corrected chi connectivity index (χ1v) is 6.69. The Labute approximate surface area is 116 Å². The van der Waals surface area contributed by atoms with Crippen molar-refractivity contribution in [1.29, 1.82) is 0 Å². The second kappa shape index (κ2) is 5.00. The number of benzene rings is 1. The topological polar surface area (TPSA) is 57.4 Å². The first-order valence-electron chi connectivity index (χ1n) is 6.69. The lowest BCUT2D eigenvalue weighted by Crippen LogP contribution is -1.98. The lowest BCUT2D eigenvalue weighted by Gasteiger charge is -2.11. The minimum Gasteiger partial charge on any atom is -0.490 e. The highest BCUT2D eigenvalue weighted by molar-refractivity contribution is 5.93. The Morgan fingerprint density at radius 1 is 1.05 bits per heavy atom. The molecular formula is C15H16N2O3. The molecular weight excluding hydrogens is 256 g/mol. The van der Waals surface area contributed by atoms with Crippen molar-refractivity contribution in [3.8, 4) is 11.5 Å². The maximum absolute atomic E-state index is 5.63. The quantitative estimate of drug-likeness (QED) is 0.727. The van der Waals surface area contributed by atoms with E-state index in [4.69, 9.17) is 14.0 Å². The first-order chi connectivity index (χ1) is 9.72. The Kier molecular flexibility index (Phi) is 3.18. The van der Waals surface area contributed by atoms with Gasteiger partial charge in [0.2, 0.25) is 0 Å². The Bertz CT molecular complexity index is 764. The smallest absolute Gasteiger partial charge is 0.258 e. The first kappa shape index (κ1) is 12.7. The van der Waals surface area contributed by atoms with E-state index in [1.165, 1.54) is 0 Å². The molecule has 0 N–H and O–H groups in total. The molecule has 0 aliphatic carbocycles. The van der Waals surface area contributed by atoms with Crippen LogP contribution in [-0.2, 0) is 0 Å².